The van der Waals surface area contributed by atoms with E-state index in [0.29, 0.717) is 0 Å². The van der Waals surface area contributed by atoms with Gasteiger partial charge in [0.25, 0.3) is 0 Å². The first kappa shape index (κ1) is 27.4. The molecule has 0 atom stereocenters. The second kappa shape index (κ2) is 14.9. The van der Waals surface area contributed by atoms with Crippen LogP contribution in [0.15, 0.2) is 70.5 Å². The number of rotatable bonds is 16. The molecule has 0 unspecified atom stereocenters. The zero-order valence-electron chi connectivity index (χ0n) is 22.5. The van der Waals surface area contributed by atoms with Gasteiger partial charge in [0, 0.05) is 9.79 Å². The van der Waals surface area contributed by atoms with E-state index in [4.69, 9.17) is 0 Å². The van der Waals surface area contributed by atoms with Gasteiger partial charge in [0.15, 0.2) is 0 Å². The van der Waals surface area contributed by atoms with Crippen molar-refractivity contribution in [2.75, 3.05) is 11.5 Å². The summed E-state index contributed by atoms with van der Waals surface area (Å²) in [6, 6.07) is 23.6. The van der Waals surface area contributed by atoms with E-state index in [-0.39, 0.29) is 0 Å². The van der Waals surface area contributed by atoms with Crippen molar-refractivity contribution in [3.63, 3.8) is 0 Å². The molecule has 0 heterocycles. The van der Waals surface area contributed by atoms with Gasteiger partial charge < -0.3 is 0 Å². The first-order valence-electron chi connectivity index (χ1n) is 14.4. The molecule has 2 heteroatoms. The lowest BCUT2D eigenvalue weighted by atomic mass is 10.00. The fourth-order valence-corrected chi connectivity index (χ4v) is 6.95. The van der Waals surface area contributed by atoms with Crippen LogP contribution >= 0.6 is 23.5 Å². The van der Waals surface area contributed by atoms with Crippen LogP contribution in [0.4, 0.5) is 0 Å². The van der Waals surface area contributed by atoms with Gasteiger partial charge in [-0.05, 0) is 105 Å². The largest absolute Gasteiger partial charge is 0.126 e. The van der Waals surface area contributed by atoms with Gasteiger partial charge in [-0.15, -0.1) is 23.5 Å². The summed E-state index contributed by atoms with van der Waals surface area (Å²) in [6.45, 7) is 4.57. The third kappa shape index (κ3) is 8.18. The van der Waals surface area contributed by atoms with E-state index >= 15 is 0 Å². The summed E-state index contributed by atoms with van der Waals surface area (Å²) < 4.78 is 0. The van der Waals surface area contributed by atoms with Crippen molar-refractivity contribution >= 4 is 55.8 Å². The maximum atomic E-state index is 2.39. The summed E-state index contributed by atoms with van der Waals surface area (Å²) in [5.74, 6) is 2.46. The molecule has 0 aliphatic heterocycles. The number of unbranched alkanes of at least 4 members (excludes halogenated alkanes) is 10. The second-order valence-electron chi connectivity index (χ2n) is 10.3. The van der Waals surface area contributed by atoms with E-state index in [1.165, 1.54) is 131 Å². The number of thioether (sulfide) groups is 2. The number of fused-ring (bicyclic) bond motifs is 3. The highest BCUT2D eigenvalue weighted by Crippen LogP contribution is 2.32. The number of hydrogen-bond donors (Lipinski definition) is 0. The summed E-state index contributed by atoms with van der Waals surface area (Å²) in [7, 11) is 0. The van der Waals surface area contributed by atoms with E-state index < -0.39 is 0 Å². The SMILES string of the molecule is CCCCCCCCSc1ccc2cc3cc4cc(SCCCCCCCC)ccc4cc3cc2c1. The highest BCUT2D eigenvalue weighted by Gasteiger charge is 2.05. The normalized spacial score (nSPS) is 11.7. The van der Waals surface area contributed by atoms with Crippen LogP contribution in [0.25, 0.3) is 32.3 Å². The molecule has 4 rings (SSSR count). The molecule has 4 aromatic carbocycles. The fraction of sp³-hybridized carbons (Fsp3) is 0.471. The minimum atomic E-state index is 1.23. The van der Waals surface area contributed by atoms with E-state index in [2.05, 4.69) is 74.5 Å². The Bertz CT molecular complexity index is 1130. The van der Waals surface area contributed by atoms with Crippen LogP contribution in [0.3, 0.4) is 0 Å². The lowest BCUT2D eigenvalue weighted by Gasteiger charge is -2.09. The van der Waals surface area contributed by atoms with Crippen LogP contribution in [0.5, 0.6) is 0 Å². The molecular weight excluding hydrogens is 473 g/mol. The molecular formula is C34H44S2. The molecule has 0 radical (unpaired) electrons. The van der Waals surface area contributed by atoms with Crippen LogP contribution in [-0.2, 0) is 0 Å². The molecule has 0 amide bonds. The maximum absolute atomic E-state index is 2.39. The van der Waals surface area contributed by atoms with Gasteiger partial charge in [-0.25, -0.2) is 0 Å². The van der Waals surface area contributed by atoms with Crippen molar-refractivity contribution in [2.45, 2.75) is 101 Å². The number of hydrogen-bond acceptors (Lipinski definition) is 2. The molecule has 0 saturated heterocycles. The Balaban J connectivity index is 1.38. The Morgan fingerprint density at radius 2 is 0.750 bits per heavy atom. The predicted molar refractivity (Wildman–Crippen MR) is 167 cm³/mol. The topological polar surface area (TPSA) is 0 Å². The second-order valence-corrected chi connectivity index (χ2v) is 12.6. The highest BCUT2D eigenvalue weighted by molar-refractivity contribution is 7.99. The standard InChI is InChI=1S/C34H44S2/c1-3-5-7-9-11-13-19-35-33-17-15-27-21-30-24-32-26-34(36-20-14-12-10-8-6-4-2)18-16-28(32)22-29(30)23-31(27)25-33/h15-18,21-26H,3-14,19-20H2,1-2H3. The zero-order chi connectivity index (χ0) is 25.0. The first-order chi connectivity index (χ1) is 17.8. The Morgan fingerprint density at radius 3 is 1.19 bits per heavy atom. The molecule has 0 nitrogen and oxygen atoms in total. The average Bonchev–Trinajstić information content (AvgIpc) is 2.89. The molecule has 0 fully saturated rings. The summed E-state index contributed by atoms with van der Waals surface area (Å²) in [5, 5.41) is 8.11. The predicted octanol–water partition coefficient (Wildman–Crippen LogP) is 12.1. The summed E-state index contributed by atoms with van der Waals surface area (Å²) in [5.41, 5.74) is 0. The van der Waals surface area contributed by atoms with Crippen molar-refractivity contribution in [3.05, 3.63) is 60.7 Å². The van der Waals surface area contributed by atoms with Crippen molar-refractivity contribution in [1.29, 1.82) is 0 Å². The van der Waals surface area contributed by atoms with Crippen molar-refractivity contribution in [2.24, 2.45) is 0 Å². The lowest BCUT2D eigenvalue weighted by Crippen LogP contribution is -1.84. The maximum Gasteiger partial charge on any atom is 0.00783 e. The third-order valence-corrected chi connectivity index (χ3v) is 9.39. The van der Waals surface area contributed by atoms with Gasteiger partial charge in [0.1, 0.15) is 0 Å². The molecule has 0 bridgehead atoms. The molecule has 0 saturated carbocycles. The van der Waals surface area contributed by atoms with Gasteiger partial charge >= 0.3 is 0 Å². The highest BCUT2D eigenvalue weighted by atomic mass is 32.2. The Kier molecular flexibility index (Phi) is 11.4. The Morgan fingerprint density at radius 1 is 0.389 bits per heavy atom. The van der Waals surface area contributed by atoms with Crippen molar-refractivity contribution in [1.82, 2.24) is 0 Å². The van der Waals surface area contributed by atoms with Crippen molar-refractivity contribution in [3.8, 4) is 0 Å². The first-order valence-corrected chi connectivity index (χ1v) is 16.4. The van der Waals surface area contributed by atoms with Crippen LogP contribution in [0, 0.1) is 0 Å². The van der Waals surface area contributed by atoms with E-state index in [1.54, 1.807) is 0 Å². The van der Waals surface area contributed by atoms with Crippen LogP contribution in [0.1, 0.15) is 90.9 Å². The zero-order valence-corrected chi connectivity index (χ0v) is 24.1. The monoisotopic (exact) mass is 516 g/mol. The van der Waals surface area contributed by atoms with Crippen LogP contribution in [-0.4, -0.2) is 11.5 Å². The summed E-state index contributed by atoms with van der Waals surface area (Å²) >= 11 is 4.04. The van der Waals surface area contributed by atoms with Gasteiger partial charge in [-0.2, -0.15) is 0 Å². The molecule has 36 heavy (non-hydrogen) atoms. The van der Waals surface area contributed by atoms with E-state index in [9.17, 15) is 0 Å². The Labute approximate surface area is 228 Å². The third-order valence-electron chi connectivity index (χ3n) is 7.23. The lowest BCUT2D eigenvalue weighted by molar-refractivity contribution is 0.627. The van der Waals surface area contributed by atoms with Gasteiger partial charge in [0.05, 0.1) is 0 Å². The smallest absolute Gasteiger partial charge is 0.00783 e. The van der Waals surface area contributed by atoms with E-state index in [1.807, 2.05) is 23.5 Å². The number of benzene rings is 4. The molecule has 0 aromatic heterocycles. The van der Waals surface area contributed by atoms with Crippen LogP contribution < -0.4 is 0 Å². The molecule has 4 aromatic rings. The summed E-state index contributed by atoms with van der Waals surface area (Å²) in [6.07, 6.45) is 16.4. The molecule has 0 aliphatic carbocycles. The minimum Gasteiger partial charge on any atom is -0.126 e. The minimum absolute atomic E-state index is 1.23. The van der Waals surface area contributed by atoms with Gasteiger partial charge in [-0.3, -0.25) is 0 Å². The summed E-state index contributed by atoms with van der Waals surface area (Å²) in [4.78, 5) is 2.81. The average molecular weight is 517 g/mol. The molecule has 192 valence electrons. The molecule has 0 spiro atoms. The molecule has 0 N–H and O–H groups in total. The fourth-order valence-electron chi connectivity index (χ4n) is 5.03. The van der Waals surface area contributed by atoms with E-state index in [0.717, 1.165) is 0 Å². The Hall–Kier alpha value is -1.64. The van der Waals surface area contributed by atoms with Crippen LogP contribution in [0.2, 0.25) is 0 Å². The quantitative estimate of drug-likeness (QED) is 0.0825. The van der Waals surface area contributed by atoms with Crippen molar-refractivity contribution < 1.29 is 0 Å². The van der Waals surface area contributed by atoms with Gasteiger partial charge in [0.2, 0.25) is 0 Å². The van der Waals surface area contributed by atoms with Gasteiger partial charge in [-0.1, -0.05) is 90.2 Å². The molecule has 0 aliphatic rings.